The summed E-state index contributed by atoms with van der Waals surface area (Å²) in [6, 6.07) is 17.1. The van der Waals surface area contributed by atoms with Crippen molar-refractivity contribution in [3.63, 3.8) is 0 Å². The Morgan fingerprint density at radius 3 is 2.44 bits per heavy atom. The molecule has 32 heavy (non-hydrogen) atoms. The monoisotopic (exact) mass is 427 g/mol. The second kappa shape index (κ2) is 8.80. The lowest BCUT2D eigenvalue weighted by atomic mass is 10.3. The lowest BCUT2D eigenvalue weighted by Gasteiger charge is -2.34. The van der Waals surface area contributed by atoms with E-state index in [9.17, 15) is 4.79 Å². The molecule has 0 saturated carbocycles. The van der Waals surface area contributed by atoms with Crippen molar-refractivity contribution in [2.24, 2.45) is 0 Å². The largest absolute Gasteiger partial charge is 0.352 e. The Labute approximate surface area is 184 Å². The minimum Gasteiger partial charge on any atom is -0.352 e. The standard InChI is InChI=1S/C22H21N9O/c32-22(19-16-24-31(28-19)18-6-2-1-3-7-18)30-13-11-29(12-14-30)21-9-8-20(26-27-21)25-17-5-4-10-23-15-17/h1-10,15-16H,11-14H2,(H,25,26). The Morgan fingerprint density at radius 1 is 0.875 bits per heavy atom. The number of rotatable bonds is 5. The summed E-state index contributed by atoms with van der Waals surface area (Å²) < 4.78 is 0. The lowest BCUT2D eigenvalue weighted by molar-refractivity contribution is 0.0740. The summed E-state index contributed by atoms with van der Waals surface area (Å²) >= 11 is 0. The molecule has 4 aromatic rings. The second-order valence-corrected chi connectivity index (χ2v) is 7.28. The van der Waals surface area contributed by atoms with Crippen molar-refractivity contribution in [1.82, 2.24) is 35.1 Å². The van der Waals surface area contributed by atoms with E-state index in [1.165, 1.54) is 11.0 Å². The Kier molecular flexibility index (Phi) is 5.39. The van der Waals surface area contributed by atoms with E-state index in [0.717, 1.165) is 17.2 Å². The van der Waals surface area contributed by atoms with Crippen molar-refractivity contribution in [3.05, 3.63) is 78.9 Å². The quantitative estimate of drug-likeness (QED) is 0.517. The molecule has 160 valence electrons. The molecule has 1 amide bonds. The van der Waals surface area contributed by atoms with Crippen LogP contribution in [0, 0.1) is 0 Å². The molecule has 1 fully saturated rings. The van der Waals surface area contributed by atoms with E-state index in [0.29, 0.717) is 37.7 Å². The third-order valence-electron chi connectivity index (χ3n) is 5.17. The molecule has 0 spiro atoms. The molecule has 0 bridgehead atoms. The van der Waals surface area contributed by atoms with Crippen LogP contribution in [0.2, 0.25) is 0 Å². The predicted octanol–water partition coefficient (Wildman–Crippen LogP) is 2.16. The minimum atomic E-state index is -0.117. The van der Waals surface area contributed by atoms with Gasteiger partial charge in [-0.05, 0) is 36.4 Å². The van der Waals surface area contributed by atoms with Gasteiger partial charge < -0.3 is 15.1 Å². The first kappa shape index (κ1) is 19.6. The van der Waals surface area contributed by atoms with Crippen LogP contribution in [0.3, 0.4) is 0 Å². The third-order valence-corrected chi connectivity index (χ3v) is 5.17. The van der Waals surface area contributed by atoms with Gasteiger partial charge in [0, 0.05) is 32.4 Å². The van der Waals surface area contributed by atoms with Gasteiger partial charge in [0.2, 0.25) is 0 Å². The molecule has 0 aliphatic carbocycles. The lowest BCUT2D eigenvalue weighted by Crippen LogP contribution is -2.49. The highest BCUT2D eigenvalue weighted by Crippen LogP contribution is 2.17. The average Bonchev–Trinajstić information content (AvgIpc) is 3.36. The molecule has 0 radical (unpaired) electrons. The predicted molar refractivity (Wildman–Crippen MR) is 119 cm³/mol. The molecule has 3 aromatic heterocycles. The van der Waals surface area contributed by atoms with Crippen molar-refractivity contribution in [2.75, 3.05) is 36.4 Å². The van der Waals surface area contributed by atoms with Gasteiger partial charge in [0.05, 0.1) is 23.8 Å². The molecule has 0 atom stereocenters. The van der Waals surface area contributed by atoms with Crippen LogP contribution < -0.4 is 10.2 Å². The van der Waals surface area contributed by atoms with Crippen LogP contribution in [0.25, 0.3) is 5.69 Å². The number of para-hydroxylation sites is 1. The first-order valence-electron chi connectivity index (χ1n) is 10.3. The molecule has 1 saturated heterocycles. The van der Waals surface area contributed by atoms with Gasteiger partial charge in [-0.3, -0.25) is 9.78 Å². The number of hydrogen-bond acceptors (Lipinski definition) is 8. The second-order valence-electron chi connectivity index (χ2n) is 7.28. The molecule has 1 N–H and O–H groups in total. The number of carbonyl (C=O) groups excluding carboxylic acids is 1. The zero-order valence-electron chi connectivity index (χ0n) is 17.2. The number of anilines is 3. The van der Waals surface area contributed by atoms with Crippen molar-refractivity contribution >= 4 is 23.2 Å². The maximum Gasteiger partial charge on any atom is 0.276 e. The molecule has 0 unspecified atom stereocenters. The molecule has 4 heterocycles. The molecule has 1 aliphatic rings. The van der Waals surface area contributed by atoms with Crippen LogP contribution in [0.5, 0.6) is 0 Å². The molecule has 1 aliphatic heterocycles. The number of piperazine rings is 1. The number of amides is 1. The number of nitrogens with zero attached hydrogens (tertiary/aromatic N) is 8. The van der Waals surface area contributed by atoms with Crippen LogP contribution in [-0.4, -0.2) is 67.2 Å². The van der Waals surface area contributed by atoms with Gasteiger partial charge in [0.25, 0.3) is 5.91 Å². The van der Waals surface area contributed by atoms with E-state index < -0.39 is 0 Å². The van der Waals surface area contributed by atoms with Gasteiger partial charge in [0.15, 0.2) is 17.3 Å². The van der Waals surface area contributed by atoms with Crippen molar-refractivity contribution < 1.29 is 4.79 Å². The number of hydrogen-bond donors (Lipinski definition) is 1. The zero-order valence-corrected chi connectivity index (χ0v) is 17.2. The van der Waals surface area contributed by atoms with E-state index in [-0.39, 0.29) is 5.91 Å². The first-order chi connectivity index (χ1) is 15.8. The normalized spacial score (nSPS) is 13.8. The Morgan fingerprint density at radius 2 is 1.72 bits per heavy atom. The van der Waals surface area contributed by atoms with E-state index in [2.05, 4.69) is 35.6 Å². The summed E-state index contributed by atoms with van der Waals surface area (Å²) in [6.07, 6.45) is 4.96. The van der Waals surface area contributed by atoms with Crippen LogP contribution in [0.1, 0.15) is 10.5 Å². The Balaban J connectivity index is 1.18. The van der Waals surface area contributed by atoms with Crippen molar-refractivity contribution in [2.45, 2.75) is 0 Å². The highest BCUT2D eigenvalue weighted by molar-refractivity contribution is 5.92. The zero-order chi connectivity index (χ0) is 21.8. The van der Waals surface area contributed by atoms with Gasteiger partial charge in [-0.1, -0.05) is 18.2 Å². The van der Waals surface area contributed by atoms with Gasteiger partial charge in [0.1, 0.15) is 0 Å². The van der Waals surface area contributed by atoms with Crippen LogP contribution >= 0.6 is 0 Å². The Hall–Kier alpha value is -4.34. The summed E-state index contributed by atoms with van der Waals surface area (Å²) in [5.74, 6) is 1.31. The topological polar surface area (TPSA) is 105 Å². The number of aromatic nitrogens is 6. The van der Waals surface area contributed by atoms with Gasteiger partial charge in [-0.2, -0.15) is 9.90 Å². The summed E-state index contributed by atoms with van der Waals surface area (Å²) in [6.45, 7) is 2.49. The molecular formula is C22H21N9O. The molecule has 5 rings (SSSR count). The summed E-state index contributed by atoms with van der Waals surface area (Å²) in [5, 5.41) is 20.3. The fraction of sp³-hybridized carbons (Fsp3) is 0.182. The van der Waals surface area contributed by atoms with Crippen LogP contribution in [0.4, 0.5) is 17.3 Å². The number of carbonyl (C=O) groups is 1. The van der Waals surface area contributed by atoms with E-state index in [1.54, 1.807) is 17.3 Å². The SMILES string of the molecule is O=C(c1cnn(-c2ccccc2)n1)N1CCN(c2ccc(Nc3cccnc3)nn2)CC1. The van der Waals surface area contributed by atoms with Gasteiger partial charge in [-0.15, -0.1) is 15.3 Å². The third kappa shape index (κ3) is 4.24. The maximum atomic E-state index is 12.9. The van der Waals surface area contributed by atoms with E-state index in [4.69, 9.17) is 0 Å². The van der Waals surface area contributed by atoms with Gasteiger partial charge >= 0.3 is 0 Å². The molecule has 10 nitrogen and oxygen atoms in total. The van der Waals surface area contributed by atoms with E-state index in [1.807, 2.05) is 54.6 Å². The molecule has 1 aromatic carbocycles. The minimum absolute atomic E-state index is 0.117. The fourth-order valence-electron chi connectivity index (χ4n) is 3.49. The number of pyridine rings is 1. The first-order valence-corrected chi connectivity index (χ1v) is 10.3. The van der Waals surface area contributed by atoms with Crippen LogP contribution in [0.15, 0.2) is 73.2 Å². The van der Waals surface area contributed by atoms with Crippen molar-refractivity contribution in [1.29, 1.82) is 0 Å². The van der Waals surface area contributed by atoms with E-state index >= 15 is 0 Å². The molecular weight excluding hydrogens is 406 g/mol. The van der Waals surface area contributed by atoms with Gasteiger partial charge in [-0.25, -0.2) is 0 Å². The maximum absolute atomic E-state index is 12.9. The molecule has 10 heteroatoms. The summed E-state index contributed by atoms with van der Waals surface area (Å²) in [4.78, 5) is 22.3. The Bertz CT molecular complexity index is 1170. The summed E-state index contributed by atoms with van der Waals surface area (Å²) in [5.41, 5.74) is 2.01. The summed E-state index contributed by atoms with van der Waals surface area (Å²) in [7, 11) is 0. The highest BCUT2D eigenvalue weighted by atomic mass is 16.2. The van der Waals surface area contributed by atoms with Crippen LogP contribution in [-0.2, 0) is 0 Å². The smallest absolute Gasteiger partial charge is 0.276 e. The van der Waals surface area contributed by atoms with Crippen molar-refractivity contribution in [3.8, 4) is 5.69 Å². The highest BCUT2D eigenvalue weighted by Gasteiger charge is 2.25. The fourth-order valence-corrected chi connectivity index (χ4v) is 3.49. The number of nitrogens with one attached hydrogen (secondary N) is 1. The number of benzene rings is 1. The average molecular weight is 427 g/mol.